The number of carbonyl (C=O) groups is 3. The number of nitrogens with zero attached hydrogens (tertiary/aromatic N) is 4. The molecule has 1 unspecified atom stereocenters. The topological polar surface area (TPSA) is 171 Å². The van der Waals surface area contributed by atoms with Gasteiger partial charge in [-0.2, -0.15) is 10.2 Å². The van der Waals surface area contributed by atoms with Gasteiger partial charge in [0.2, 0.25) is 5.72 Å². The Hall–Kier alpha value is -4.77. The SMILES string of the molecule is CC1=C2C=CC(O)(/N=N/c3ccc(C(=O)O)cc3)C(/N=N/c3ccc(C(=O)O)cc3)=C2OC(=O)C1. The van der Waals surface area contributed by atoms with E-state index in [0.29, 0.717) is 11.1 Å². The molecule has 11 nitrogen and oxygen atoms in total. The van der Waals surface area contributed by atoms with E-state index in [2.05, 4.69) is 20.5 Å². The highest BCUT2D eigenvalue weighted by atomic mass is 16.5. The van der Waals surface area contributed by atoms with Crippen LogP contribution in [0.2, 0.25) is 0 Å². The van der Waals surface area contributed by atoms with E-state index < -0.39 is 23.6 Å². The Morgan fingerprint density at radius 2 is 1.43 bits per heavy atom. The average Bonchev–Trinajstić information content (AvgIpc) is 2.82. The van der Waals surface area contributed by atoms with Gasteiger partial charge in [-0.05, 0) is 67.6 Å². The third-order valence-corrected chi connectivity index (χ3v) is 5.19. The normalized spacial score (nSPS) is 19.9. The molecule has 0 bridgehead atoms. The lowest BCUT2D eigenvalue weighted by atomic mass is 9.92. The number of aliphatic hydroxyl groups is 1. The minimum Gasteiger partial charge on any atom is -0.478 e. The molecule has 1 heterocycles. The number of hydrogen-bond donors (Lipinski definition) is 3. The van der Waals surface area contributed by atoms with Crippen molar-refractivity contribution in [3.63, 3.8) is 0 Å². The van der Waals surface area contributed by atoms with Gasteiger partial charge in [0, 0.05) is 5.57 Å². The summed E-state index contributed by atoms with van der Waals surface area (Å²) in [6, 6.07) is 11.0. The van der Waals surface area contributed by atoms with Crippen LogP contribution in [0.5, 0.6) is 0 Å². The van der Waals surface area contributed by atoms with Crippen molar-refractivity contribution in [2.24, 2.45) is 20.5 Å². The van der Waals surface area contributed by atoms with Gasteiger partial charge in [-0.15, -0.1) is 10.2 Å². The lowest BCUT2D eigenvalue weighted by Crippen LogP contribution is -2.31. The molecule has 1 atom stereocenters. The summed E-state index contributed by atoms with van der Waals surface area (Å²) in [6.07, 6.45) is 2.94. The van der Waals surface area contributed by atoms with Crippen LogP contribution in [-0.4, -0.2) is 39.0 Å². The van der Waals surface area contributed by atoms with Crippen LogP contribution >= 0.6 is 0 Å². The molecule has 1 aliphatic heterocycles. The number of carbonyl (C=O) groups excluding carboxylic acids is 1. The number of rotatable bonds is 6. The van der Waals surface area contributed by atoms with E-state index >= 15 is 0 Å². The Kier molecular flexibility index (Phi) is 6.17. The molecular formula is C24H18N4O7. The number of fused-ring (bicyclic) bond motifs is 1. The third kappa shape index (κ3) is 4.94. The maximum absolute atomic E-state index is 12.1. The van der Waals surface area contributed by atoms with Crippen LogP contribution in [0, 0.1) is 0 Å². The predicted molar refractivity (Wildman–Crippen MR) is 120 cm³/mol. The lowest BCUT2D eigenvalue weighted by Gasteiger charge is -2.28. The molecule has 2 aromatic carbocycles. The first-order valence-electron chi connectivity index (χ1n) is 10.2. The molecule has 11 heteroatoms. The predicted octanol–water partition coefficient (Wildman–Crippen LogP) is 4.68. The monoisotopic (exact) mass is 474 g/mol. The smallest absolute Gasteiger partial charge is 0.335 e. The Labute approximate surface area is 198 Å². The maximum Gasteiger partial charge on any atom is 0.335 e. The average molecular weight is 474 g/mol. The molecule has 0 saturated carbocycles. The molecule has 2 aliphatic rings. The second-order valence-corrected chi connectivity index (χ2v) is 7.69. The van der Waals surface area contributed by atoms with Crippen molar-refractivity contribution in [3.8, 4) is 0 Å². The molecule has 2 aromatic rings. The van der Waals surface area contributed by atoms with Gasteiger partial charge in [0.25, 0.3) is 0 Å². The zero-order valence-corrected chi connectivity index (χ0v) is 18.2. The summed E-state index contributed by atoms with van der Waals surface area (Å²) < 4.78 is 5.38. The summed E-state index contributed by atoms with van der Waals surface area (Å²) in [5.41, 5.74) is -0.438. The molecule has 0 fully saturated rings. The standard InChI is InChI=1S/C24H18N4O7/c1-13-12-19(29)35-20-18(13)10-11-24(34,28-26-17-8-4-15(5-9-17)23(32)33)21(20)27-25-16-6-2-14(3-7-16)22(30)31/h2-11,34H,12H2,1H3,(H,30,31)(H,32,33)/b27-25+,28-26+. The van der Waals surface area contributed by atoms with Gasteiger partial charge in [0.05, 0.1) is 28.9 Å². The number of esters is 1. The summed E-state index contributed by atoms with van der Waals surface area (Å²) in [4.78, 5) is 34.2. The van der Waals surface area contributed by atoms with Crippen LogP contribution in [0.3, 0.4) is 0 Å². The molecule has 35 heavy (non-hydrogen) atoms. The number of ether oxygens (including phenoxy) is 1. The Bertz CT molecular complexity index is 1370. The molecule has 4 rings (SSSR count). The summed E-state index contributed by atoms with van der Waals surface area (Å²) in [5.74, 6) is -2.75. The first-order chi connectivity index (χ1) is 16.7. The molecule has 3 N–H and O–H groups in total. The molecule has 0 saturated heterocycles. The van der Waals surface area contributed by atoms with Crippen molar-refractivity contribution in [1.29, 1.82) is 0 Å². The van der Waals surface area contributed by atoms with E-state index in [-0.39, 0.29) is 40.4 Å². The lowest BCUT2D eigenvalue weighted by molar-refractivity contribution is -0.139. The number of carboxylic acids is 2. The van der Waals surface area contributed by atoms with Crippen molar-refractivity contribution in [3.05, 3.63) is 94.4 Å². The molecule has 0 amide bonds. The second-order valence-electron chi connectivity index (χ2n) is 7.69. The molecule has 0 aromatic heterocycles. The molecule has 1 aliphatic carbocycles. The molecule has 176 valence electrons. The number of azo groups is 2. The highest BCUT2D eigenvalue weighted by Gasteiger charge is 2.40. The van der Waals surface area contributed by atoms with Gasteiger partial charge < -0.3 is 20.1 Å². The van der Waals surface area contributed by atoms with E-state index in [4.69, 9.17) is 14.9 Å². The Morgan fingerprint density at radius 3 is 1.97 bits per heavy atom. The third-order valence-electron chi connectivity index (χ3n) is 5.19. The summed E-state index contributed by atoms with van der Waals surface area (Å²) in [7, 11) is 0. The number of allylic oxidation sites excluding steroid dienone is 1. The first-order valence-corrected chi connectivity index (χ1v) is 10.2. The van der Waals surface area contributed by atoms with Gasteiger partial charge in [-0.3, -0.25) is 4.79 Å². The summed E-state index contributed by atoms with van der Waals surface area (Å²) >= 11 is 0. The number of carboxylic acid groups (broad SMARTS) is 2. The van der Waals surface area contributed by atoms with E-state index in [1.807, 2.05) is 0 Å². The minimum atomic E-state index is -2.16. The van der Waals surface area contributed by atoms with Crippen LogP contribution in [0.25, 0.3) is 0 Å². The van der Waals surface area contributed by atoms with Crippen LogP contribution in [-0.2, 0) is 9.53 Å². The van der Waals surface area contributed by atoms with Gasteiger partial charge >= 0.3 is 17.9 Å². The number of benzene rings is 2. The van der Waals surface area contributed by atoms with Crippen molar-refractivity contribution >= 4 is 29.3 Å². The Balaban J connectivity index is 1.74. The summed E-state index contributed by atoms with van der Waals surface area (Å²) in [6.45, 7) is 1.75. The van der Waals surface area contributed by atoms with Gasteiger partial charge in [0.15, 0.2) is 11.5 Å². The largest absolute Gasteiger partial charge is 0.478 e. The molecular weight excluding hydrogens is 456 g/mol. The first kappa shape index (κ1) is 23.4. The fourth-order valence-corrected chi connectivity index (χ4v) is 3.33. The van der Waals surface area contributed by atoms with Crippen LogP contribution in [0.15, 0.2) is 104 Å². The highest BCUT2D eigenvalue weighted by molar-refractivity contribution is 5.88. The molecule has 0 spiro atoms. The summed E-state index contributed by atoms with van der Waals surface area (Å²) in [5, 5.41) is 45.5. The second kappa shape index (κ2) is 9.23. The zero-order chi connectivity index (χ0) is 25.2. The quantitative estimate of drug-likeness (QED) is 0.403. The highest BCUT2D eigenvalue weighted by Crippen LogP contribution is 2.40. The van der Waals surface area contributed by atoms with Crippen LogP contribution in [0.1, 0.15) is 34.1 Å². The molecule has 0 radical (unpaired) electrons. The van der Waals surface area contributed by atoms with Gasteiger partial charge in [-0.25, -0.2) is 9.59 Å². The van der Waals surface area contributed by atoms with Crippen molar-refractivity contribution in [2.75, 3.05) is 0 Å². The van der Waals surface area contributed by atoms with Crippen molar-refractivity contribution < 1.29 is 34.4 Å². The van der Waals surface area contributed by atoms with E-state index in [1.165, 1.54) is 54.6 Å². The van der Waals surface area contributed by atoms with Gasteiger partial charge in [0.1, 0.15) is 0 Å². The zero-order valence-electron chi connectivity index (χ0n) is 18.2. The van der Waals surface area contributed by atoms with Crippen molar-refractivity contribution in [2.45, 2.75) is 19.1 Å². The minimum absolute atomic E-state index is 0.0187. The van der Waals surface area contributed by atoms with Crippen molar-refractivity contribution in [1.82, 2.24) is 0 Å². The maximum atomic E-state index is 12.1. The Morgan fingerprint density at radius 1 is 0.886 bits per heavy atom. The van der Waals surface area contributed by atoms with E-state index in [9.17, 15) is 19.5 Å². The van der Waals surface area contributed by atoms with Gasteiger partial charge in [-0.1, -0.05) is 5.57 Å². The fraction of sp³-hybridized carbons (Fsp3) is 0.125. The number of aromatic carboxylic acids is 2. The van der Waals surface area contributed by atoms with E-state index in [1.54, 1.807) is 13.0 Å². The van der Waals surface area contributed by atoms with E-state index in [0.717, 1.165) is 0 Å². The van der Waals surface area contributed by atoms with Crippen LogP contribution in [0.4, 0.5) is 11.4 Å². The van der Waals surface area contributed by atoms with Crippen LogP contribution < -0.4 is 0 Å². The fourth-order valence-electron chi connectivity index (χ4n) is 3.33. The number of hydrogen-bond acceptors (Lipinski definition) is 9.